The number of rotatable bonds is 4. The van der Waals surface area contributed by atoms with Gasteiger partial charge >= 0.3 is 0 Å². The number of para-hydroxylation sites is 1. The molecule has 0 aliphatic carbocycles. The average molecular weight is 350 g/mol. The largest absolute Gasteiger partial charge is 0.458 e. The molecule has 1 N–H and O–H groups in total. The second-order valence-electron chi connectivity index (χ2n) is 6.38. The Morgan fingerprint density at radius 1 is 1.20 bits per heavy atom. The minimum Gasteiger partial charge on any atom is -0.458 e. The number of fused-ring (bicyclic) bond motifs is 1. The normalized spacial score (nSPS) is 18.3. The van der Waals surface area contributed by atoms with E-state index in [-0.39, 0.29) is 0 Å². The number of nitrogens with zero attached hydrogens (tertiary/aromatic N) is 3. The predicted octanol–water partition coefficient (Wildman–Crippen LogP) is 4.62. The molecule has 0 unspecified atom stereocenters. The summed E-state index contributed by atoms with van der Waals surface area (Å²) in [5.74, 6) is 1.82. The van der Waals surface area contributed by atoms with Crippen LogP contribution in [0.3, 0.4) is 0 Å². The van der Waals surface area contributed by atoms with Crippen molar-refractivity contribution in [3.05, 3.63) is 59.4 Å². The Morgan fingerprint density at radius 3 is 3.04 bits per heavy atom. The lowest BCUT2D eigenvalue weighted by Crippen LogP contribution is -2.22. The quantitative estimate of drug-likeness (QED) is 0.583. The lowest BCUT2D eigenvalue weighted by molar-refractivity contribution is 0.229. The summed E-state index contributed by atoms with van der Waals surface area (Å²) >= 11 is 1.82. The third kappa shape index (κ3) is 2.77. The van der Waals surface area contributed by atoms with E-state index in [1.165, 1.54) is 16.1 Å². The van der Waals surface area contributed by atoms with Gasteiger partial charge in [-0.3, -0.25) is 10.00 Å². The highest BCUT2D eigenvalue weighted by Crippen LogP contribution is 2.37. The van der Waals surface area contributed by atoms with Crippen LogP contribution in [0.5, 0.6) is 0 Å². The summed E-state index contributed by atoms with van der Waals surface area (Å²) in [7, 11) is 0. The van der Waals surface area contributed by atoms with Gasteiger partial charge in [0.05, 0.1) is 22.8 Å². The predicted molar refractivity (Wildman–Crippen MR) is 98.3 cm³/mol. The zero-order valence-electron chi connectivity index (χ0n) is 13.7. The highest BCUT2D eigenvalue weighted by molar-refractivity contribution is 7.18. The third-order valence-electron chi connectivity index (χ3n) is 4.75. The van der Waals surface area contributed by atoms with Crippen molar-refractivity contribution >= 4 is 21.6 Å². The first-order chi connectivity index (χ1) is 12.4. The van der Waals surface area contributed by atoms with Crippen LogP contribution in [0.4, 0.5) is 0 Å². The number of nitrogens with one attached hydrogen (secondary N) is 1. The third-order valence-corrected chi connectivity index (χ3v) is 5.88. The van der Waals surface area contributed by atoms with Gasteiger partial charge in [-0.1, -0.05) is 12.1 Å². The SMILES string of the molecule is c1ccc2sc([C@@H]3CCCN3Cc3ccc(-c4ccn[nH]4)o3)nc2c1. The number of furan rings is 1. The topological polar surface area (TPSA) is 58.0 Å². The number of hydrogen-bond acceptors (Lipinski definition) is 5. The average Bonchev–Trinajstić information content (AvgIpc) is 3.41. The molecule has 126 valence electrons. The van der Waals surface area contributed by atoms with E-state index in [4.69, 9.17) is 9.40 Å². The molecule has 0 saturated carbocycles. The molecule has 0 spiro atoms. The van der Waals surface area contributed by atoms with E-state index in [0.29, 0.717) is 6.04 Å². The van der Waals surface area contributed by atoms with Gasteiger partial charge in [-0.15, -0.1) is 11.3 Å². The first-order valence-corrected chi connectivity index (χ1v) is 9.36. The van der Waals surface area contributed by atoms with Crippen molar-refractivity contribution in [2.75, 3.05) is 6.54 Å². The summed E-state index contributed by atoms with van der Waals surface area (Å²) in [5.41, 5.74) is 2.02. The van der Waals surface area contributed by atoms with Gasteiger partial charge in [0, 0.05) is 6.20 Å². The standard InChI is InChI=1S/C19H18N4OS/c1-2-6-18-15(4-1)21-19(25-18)16-5-3-11-23(16)12-13-7-8-17(24-13)14-9-10-20-22-14/h1-2,4,6-10,16H,3,5,11-12H2,(H,20,22)/t16-/m0/s1. The van der Waals surface area contributed by atoms with Crippen molar-refractivity contribution in [3.8, 4) is 11.5 Å². The van der Waals surface area contributed by atoms with E-state index in [0.717, 1.165) is 42.2 Å². The molecule has 0 amide bonds. The number of H-pyrrole nitrogens is 1. The second-order valence-corrected chi connectivity index (χ2v) is 7.45. The molecule has 3 aromatic heterocycles. The lowest BCUT2D eigenvalue weighted by Gasteiger charge is -2.21. The molecule has 1 aromatic carbocycles. The Balaban J connectivity index is 1.38. The number of aromatic nitrogens is 3. The van der Waals surface area contributed by atoms with Gasteiger partial charge in [-0.2, -0.15) is 5.10 Å². The molecule has 6 heteroatoms. The fourth-order valence-corrected chi connectivity index (χ4v) is 4.67. The van der Waals surface area contributed by atoms with E-state index in [2.05, 4.69) is 45.4 Å². The van der Waals surface area contributed by atoms with Gasteiger partial charge < -0.3 is 4.42 Å². The smallest absolute Gasteiger partial charge is 0.152 e. The van der Waals surface area contributed by atoms with E-state index in [9.17, 15) is 0 Å². The number of thiazole rings is 1. The molecule has 5 nitrogen and oxygen atoms in total. The van der Waals surface area contributed by atoms with Crippen LogP contribution in [0.1, 0.15) is 29.7 Å². The maximum absolute atomic E-state index is 6.00. The summed E-state index contributed by atoms with van der Waals surface area (Å²) in [6, 6.07) is 14.8. The number of hydrogen-bond donors (Lipinski definition) is 1. The summed E-state index contributed by atoms with van der Waals surface area (Å²) in [4.78, 5) is 7.34. The highest BCUT2D eigenvalue weighted by atomic mass is 32.1. The minimum atomic E-state index is 0.387. The van der Waals surface area contributed by atoms with Crippen LogP contribution >= 0.6 is 11.3 Å². The Kier molecular flexibility index (Phi) is 3.64. The number of likely N-dealkylation sites (tertiary alicyclic amines) is 1. The minimum absolute atomic E-state index is 0.387. The molecule has 5 rings (SSSR count). The van der Waals surface area contributed by atoms with Crippen LogP contribution in [-0.2, 0) is 6.54 Å². The molecular formula is C19H18N4OS. The number of benzene rings is 1. The van der Waals surface area contributed by atoms with Crippen molar-refractivity contribution in [1.29, 1.82) is 0 Å². The fraction of sp³-hybridized carbons (Fsp3) is 0.263. The molecule has 1 aliphatic rings. The van der Waals surface area contributed by atoms with Gasteiger partial charge in [-0.05, 0) is 49.7 Å². The second kappa shape index (κ2) is 6.13. The number of aromatic amines is 1. The maximum atomic E-state index is 6.00. The van der Waals surface area contributed by atoms with Gasteiger partial charge in [0.25, 0.3) is 0 Å². The molecule has 1 aliphatic heterocycles. The molecule has 0 radical (unpaired) electrons. The van der Waals surface area contributed by atoms with Crippen LogP contribution in [0.15, 0.2) is 53.1 Å². The van der Waals surface area contributed by atoms with E-state index >= 15 is 0 Å². The zero-order chi connectivity index (χ0) is 16.6. The maximum Gasteiger partial charge on any atom is 0.152 e. The Labute approximate surface area is 149 Å². The molecule has 1 fully saturated rings. The van der Waals surface area contributed by atoms with Crippen molar-refractivity contribution in [3.63, 3.8) is 0 Å². The molecular weight excluding hydrogens is 332 g/mol. The summed E-state index contributed by atoms with van der Waals surface area (Å²) < 4.78 is 7.27. The fourth-order valence-electron chi connectivity index (χ4n) is 3.53. The van der Waals surface area contributed by atoms with Gasteiger partial charge in [0.15, 0.2) is 5.76 Å². The monoisotopic (exact) mass is 350 g/mol. The Bertz CT molecular complexity index is 955. The molecule has 4 aromatic rings. The molecule has 4 heterocycles. The molecule has 1 saturated heterocycles. The lowest BCUT2D eigenvalue weighted by atomic mass is 10.2. The van der Waals surface area contributed by atoms with Crippen LogP contribution < -0.4 is 0 Å². The Hall–Kier alpha value is -2.44. The molecule has 0 bridgehead atoms. The van der Waals surface area contributed by atoms with Crippen molar-refractivity contribution in [2.45, 2.75) is 25.4 Å². The zero-order valence-corrected chi connectivity index (χ0v) is 14.5. The van der Waals surface area contributed by atoms with Crippen molar-refractivity contribution in [2.24, 2.45) is 0 Å². The van der Waals surface area contributed by atoms with E-state index in [1.807, 2.05) is 23.5 Å². The van der Waals surface area contributed by atoms with Gasteiger partial charge in [0.1, 0.15) is 16.5 Å². The van der Waals surface area contributed by atoms with Crippen LogP contribution in [0, 0.1) is 0 Å². The first-order valence-electron chi connectivity index (χ1n) is 8.55. The first kappa shape index (κ1) is 14.9. The summed E-state index contributed by atoms with van der Waals surface area (Å²) in [6.45, 7) is 1.90. The molecule has 1 atom stereocenters. The summed E-state index contributed by atoms with van der Waals surface area (Å²) in [5, 5.41) is 8.15. The van der Waals surface area contributed by atoms with Crippen LogP contribution in [-0.4, -0.2) is 26.6 Å². The Morgan fingerprint density at radius 2 is 2.16 bits per heavy atom. The van der Waals surface area contributed by atoms with E-state index < -0.39 is 0 Å². The highest BCUT2D eigenvalue weighted by Gasteiger charge is 2.29. The summed E-state index contributed by atoms with van der Waals surface area (Å²) in [6.07, 6.45) is 4.10. The molecule has 25 heavy (non-hydrogen) atoms. The van der Waals surface area contributed by atoms with Gasteiger partial charge in [0.2, 0.25) is 0 Å². The van der Waals surface area contributed by atoms with Gasteiger partial charge in [-0.25, -0.2) is 4.98 Å². The van der Waals surface area contributed by atoms with Crippen molar-refractivity contribution in [1.82, 2.24) is 20.1 Å². The van der Waals surface area contributed by atoms with Crippen LogP contribution in [0.25, 0.3) is 21.7 Å². The van der Waals surface area contributed by atoms with Crippen molar-refractivity contribution < 1.29 is 4.42 Å². The van der Waals surface area contributed by atoms with Crippen LogP contribution in [0.2, 0.25) is 0 Å². The van der Waals surface area contributed by atoms with E-state index in [1.54, 1.807) is 6.20 Å².